The molecule has 13 heavy (non-hydrogen) atoms. The molecule has 2 aliphatic rings. The minimum Gasteiger partial charge on any atom is -0.381 e. The maximum atomic E-state index is 5.24. The van der Waals surface area contributed by atoms with Crippen LogP contribution in [0, 0.1) is 5.92 Å². The van der Waals surface area contributed by atoms with E-state index in [1.165, 1.54) is 45.1 Å². The second-order valence-corrected chi connectivity index (χ2v) is 4.57. The number of ether oxygens (including phenoxy) is 1. The Bertz CT molecular complexity index is 150. The summed E-state index contributed by atoms with van der Waals surface area (Å²) in [6.07, 6.45) is 8.82. The molecule has 0 aromatic rings. The van der Waals surface area contributed by atoms with Crippen molar-refractivity contribution in [1.82, 2.24) is 5.32 Å². The molecular formula is C11H21NO. The second-order valence-electron chi connectivity index (χ2n) is 4.57. The van der Waals surface area contributed by atoms with Crippen molar-refractivity contribution in [2.75, 3.05) is 13.7 Å². The number of hydrogen-bond donors (Lipinski definition) is 1. The smallest absolute Gasteiger partial charge is 0.0601 e. The van der Waals surface area contributed by atoms with Gasteiger partial charge in [-0.15, -0.1) is 0 Å². The number of nitrogens with one attached hydrogen (secondary N) is 1. The molecule has 1 N–H and O–H groups in total. The molecule has 2 nitrogen and oxygen atoms in total. The Balaban J connectivity index is 1.45. The van der Waals surface area contributed by atoms with Gasteiger partial charge in [-0.05, 0) is 31.7 Å². The first-order valence-corrected chi connectivity index (χ1v) is 5.64. The van der Waals surface area contributed by atoms with E-state index in [-0.39, 0.29) is 0 Å². The van der Waals surface area contributed by atoms with Crippen molar-refractivity contribution in [3.8, 4) is 0 Å². The first-order chi connectivity index (χ1) is 6.38. The van der Waals surface area contributed by atoms with Crippen LogP contribution in [0.3, 0.4) is 0 Å². The molecule has 0 aliphatic heterocycles. The van der Waals surface area contributed by atoms with E-state index < -0.39 is 0 Å². The van der Waals surface area contributed by atoms with Crippen molar-refractivity contribution in [3.63, 3.8) is 0 Å². The molecular weight excluding hydrogens is 162 g/mol. The first kappa shape index (κ1) is 9.47. The second kappa shape index (κ2) is 4.43. The van der Waals surface area contributed by atoms with Crippen LogP contribution in [0.1, 0.15) is 38.5 Å². The molecule has 0 amide bonds. The summed E-state index contributed by atoms with van der Waals surface area (Å²) in [7, 11) is 1.81. The van der Waals surface area contributed by atoms with Crippen molar-refractivity contribution in [2.24, 2.45) is 5.92 Å². The molecule has 2 aliphatic carbocycles. The minimum atomic E-state index is 0.543. The molecule has 0 radical (unpaired) electrons. The summed E-state index contributed by atoms with van der Waals surface area (Å²) in [4.78, 5) is 0. The van der Waals surface area contributed by atoms with Crippen LogP contribution < -0.4 is 5.32 Å². The summed E-state index contributed by atoms with van der Waals surface area (Å²) in [5.41, 5.74) is 0. The Labute approximate surface area is 81.0 Å². The van der Waals surface area contributed by atoms with Gasteiger partial charge in [-0.25, -0.2) is 0 Å². The lowest BCUT2D eigenvalue weighted by molar-refractivity contribution is 0.0170. The summed E-state index contributed by atoms with van der Waals surface area (Å²) in [6, 6.07) is 0.755. The molecule has 0 heterocycles. The number of methoxy groups -OCH3 is 1. The highest BCUT2D eigenvalue weighted by atomic mass is 16.5. The highest BCUT2D eigenvalue weighted by molar-refractivity contribution is 4.86. The topological polar surface area (TPSA) is 21.3 Å². The summed E-state index contributed by atoms with van der Waals surface area (Å²) < 4.78 is 5.24. The highest BCUT2D eigenvalue weighted by Gasteiger charge is 2.28. The van der Waals surface area contributed by atoms with Gasteiger partial charge < -0.3 is 10.1 Å². The van der Waals surface area contributed by atoms with Crippen LogP contribution in [-0.2, 0) is 4.74 Å². The van der Waals surface area contributed by atoms with Crippen molar-refractivity contribution in [1.29, 1.82) is 0 Å². The summed E-state index contributed by atoms with van der Waals surface area (Å²) >= 11 is 0. The zero-order chi connectivity index (χ0) is 9.10. The predicted octanol–water partition coefficient (Wildman–Crippen LogP) is 1.94. The average Bonchev–Trinajstić information content (AvgIpc) is 1.97. The highest BCUT2D eigenvalue weighted by Crippen LogP contribution is 2.29. The van der Waals surface area contributed by atoms with Gasteiger partial charge in [0.05, 0.1) is 6.10 Å². The van der Waals surface area contributed by atoms with Gasteiger partial charge in [-0.2, -0.15) is 0 Å². The molecule has 0 aromatic heterocycles. The van der Waals surface area contributed by atoms with Crippen LogP contribution >= 0.6 is 0 Å². The molecule has 0 unspecified atom stereocenters. The van der Waals surface area contributed by atoms with E-state index in [9.17, 15) is 0 Å². The van der Waals surface area contributed by atoms with Crippen LogP contribution in [0.5, 0.6) is 0 Å². The zero-order valence-electron chi connectivity index (χ0n) is 8.59. The number of hydrogen-bond acceptors (Lipinski definition) is 2. The van der Waals surface area contributed by atoms with E-state index in [0.717, 1.165) is 12.0 Å². The zero-order valence-corrected chi connectivity index (χ0v) is 8.59. The third-order valence-corrected chi connectivity index (χ3v) is 3.64. The SMILES string of the molecule is COC1CC(NCCC2CCC2)C1. The fourth-order valence-electron chi connectivity index (χ4n) is 2.20. The third kappa shape index (κ3) is 2.44. The fourth-order valence-corrected chi connectivity index (χ4v) is 2.20. The fraction of sp³-hybridized carbons (Fsp3) is 1.00. The van der Waals surface area contributed by atoms with Crippen molar-refractivity contribution in [2.45, 2.75) is 50.7 Å². The average molecular weight is 183 g/mol. The van der Waals surface area contributed by atoms with Crippen LogP contribution in [-0.4, -0.2) is 25.8 Å². The monoisotopic (exact) mass is 183 g/mol. The molecule has 76 valence electrons. The van der Waals surface area contributed by atoms with Crippen LogP contribution in [0.25, 0.3) is 0 Å². The van der Waals surface area contributed by atoms with E-state index in [0.29, 0.717) is 6.10 Å². The standard InChI is InChI=1S/C11H21NO/c1-13-11-7-10(8-11)12-6-5-9-3-2-4-9/h9-12H,2-8H2,1H3. The Morgan fingerprint density at radius 3 is 2.62 bits per heavy atom. The molecule has 2 rings (SSSR count). The molecule has 2 fully saturated rings. The summed E-state index contributed by atoms with van der Waals surface area (Å²) in [6.45, 7) is 1.23. The van der Waals surface area contributed by atoms with Crippen molar-refractivity contribution < 1.29 is 4.74 Å². The van der Waals surface area contributed by atoms with E-state index >= 15 is 0 Å². The molecule has 0 spiro atoms. The molecule has 0 aromatic carbocycles. The van der Waals surface area contributed by atoms with Gasteiger partial charge >= 0.3 is 0 Å². The molecule has 2 saturated carbocycles. The molecule has 0 atom stereocenters. The van der Waals surface area contributed by atoms with Crippen LogP contribution in [0.15, 0.2) is 0 Å². The minimum absolute atomic E-state index is 0.543. The Morgan fingerprint density at radius 2 is 2.08 bits per heavy atom. The van der Waals surface area contributed by atoms with Gasteiger partial charge in [-0.1, -0.05) is 19.3 Å². The Kier molecular flexibility index (Phi) is 3.23. The molecule has 0 bridgehead atoms. The van der Waals surface area contributed by atoms with Crippen molar-refractivity contribution in [3.05, 3.63) is 0 Å². The number of rotatable bonds is 5. The maximum Gasteiger partial charge on any atom is 0.0601 e. The van der Waals surface area contributed by atoms with E-state index in [4.69, 9.17) is 4.74 Å². The Morgan fingerprint density at radius 1 is 1.31 bits per heavy atom. The van der Waals surface area contributed by atoms with Gasteiger partial charge in [0.15, 0.2) is 0 Å². The largest absolute Gasteiger partial charge is 0.381 e. The molecule has 0 saturated heterocycles. The van der Waals surface area contributed by atoms with Gasteiger partial charge in [0, 0.05) is 13.2 Å². The first-order valence-electron chi connectivity index (χ1n) is 5.64. The van der Waals surface area contributed by atoms with Gasteiger partial charge in [0.1, 0.15) is 0 Å². The van der Waals surface area contributed by atoms with Crippen LogP contribution in [0.2, 0.25) is 0 Å². The van der Waals surface area contributed by atoms with E-state index in [2.05, 4.69) is 5.32 Å². The van der Waals surface area contributed by atoms with E-state index in [1.807, 2.05) is 7.11 Å². The molecule has 2 heteroatoms. The maximum absolute atomic E-state index is 5.24. The van der Waals surface area contributed by atoms with Gasteiger partial charge in [0.25, 0.3) is 0 Å². The van der Waals surface area contributed by atoms with Crippen molar-refractivity contribution >= 4 is 0 Å². The quantitative estimate of drug-likeness (QED) is 0.703. The third-order valence-electron chi connectivity index (χ3n) is 3.64. The van der Waals surface area contributed by atoms with E-state index in [1.54, 1.807) is 0 Å². The van der Waals surface area contributed by atoms with Gasteiger partial charge in [-0.3, -0.25) is 0 Å². The Hall–Kier alpha value is -0.0800. The lowest BCUT2D eigenvalue weighted by atomic mass is 9.82. The normalized spacial score (nSPS) is 33.9. The summed E-state index contributed by atoms with van der Waals surface area (Å²) in [5, 5.41) is 3.60. The van der Waals surface area contributed by atoms with Gasteiger partial charge in [0.2, 0.25) is 0 Å². The van der Waals surface area contributed by atoms with Crippen LogP contribution in [0.4, 0.5) is 0 Å². The summed E-state index contributed by atoms with van der Waals surface area (Å²) in [5.74, 6) is 1.05. The predicted molar refractivity (Wildman–Crippen MR) is 53.8 cm³/mol. The lowest BCUT2D eigenvalue weighted by Crippen LogP contribution is -2.45. The lowest BCUT2D eigenvalue weighted by Gasteiger charge is -2.35.